The van der Waals surface area contributed by atoms with Crippen LogP contribution in [-0.2, 0) is 13.0 Å². The van der Waals surface area contributed by atoms with Crippen LogP contribution >= 0.6 is 0 Å². The fraction of sp³-hybridized carbons (Fsp3) is 0.267. The summed E-state index contributed by atoms with van der Waals surface area (Å²) in [6.45, 7) is 2.00. The molecule has 100 valence electrons. The Bertz CT molecular complexity index is 532. The van der Waals surface area contributed by atoms with Crippen LogP contribution in [0.2, 0.25) is 0 Å². The molecule has 4 heteroatoms. The van der Waals surface area contributed by atoms with Gasteiger partial charge in [0.1, 0.15) is 11.6 Å². The normalized spacial score (nSPS) is 10.5. The van der Waals surface area contributed by atoms with Crippen LogP contribution in [0, 0.1) is 5.82 Å². The second kappa shape index (κ2) is 5.80. The molecule has 0 radical (unpaired) electrons. The molecule has 0 atom stereocenters. The van der Waals surface area contributed by atoms with Crippen molar-refractivity contribution in [1.29, 1.82) is 0 Å². The van der Waals surface area contributed by atoms with Crippen molar-refractivity contribution >= 4 is 11.5 Å². The Balaban J connectivity index is 2.37. The van der Waals surface area contributed by atoms with E-state index in [-0.39, 0.29) is 12.4 Å². The lowest BCUT2D eigenvalue weighted by atomic mass is 10.2. The second-order valence-electron chi connectivity index (χ2n) is 4.37. The molecule has 1 N–H and O–H groups in total. The molecule has 0 aliphatic carbocycles. The number of rotatable bonds is 4. The van der Waals surface area contributed by atoms with Crippen LogP contribution in [0.15, 0.2) is 36.4 Å². The van der Waals surface area contributed by atoms with Crippen molar-refractivity contribution in [2.45, 2.75) is 20.0 Å². The summed E-state index contributed by atoms with van der Waals surface area (Å²) in [5, 5.41) is 9.27. The minimum absolute atomic E-state index is 0.0141. The molecule has 0 spiro atoms. The highest BCUT2D eigenvalue weighted by Gasteiger charge is 2.08. The van der Waals surface area contributed by atoms with Gasteiger partial charge in [-0.3, -0.25) is 0 Å². The van der Waals surface area contributed by atoms with E-state index in [0.29, 0.717) is 0 Å². The molecule has 0 unspecified atom stereocenters. The van der Waals surface area contributed by atoms with Crippen LogP contribution in [0.4, 0.5) is 15.9 Å². The van der Waals surface area contributed by atoms with E-state index in [0.717, 1.165) is 29.2 Å². The van der Waals surface area contributed by atoms with E-state index in [1.165, 1.54) is 12.1 Å². The number of aromatic nitrogens is 1. The highest BCUT2D eigenvalue weighted by molar-refractivity contribution is 5.59. The molecule has 0 saturated carbocycles. The summed E-state index contributed by atoms with van der Waals surface area (Å²) in [7, 11) is 1.87. The van der Waals surface area contributed by atoms with Gasteiger partial charge in [0.15, 0.2) is 0 Å². The average Bonchev–Trinajstić information content (AvgIpc) is 2.46. The van der Waals surface area contributed by atoms with Gasteiger partial charge in [0.05, 0.1) is 6.61 Å². The minimum atomic E-state index is -0.261. The number of aryl methyl sites for hydroxylation is 1. The largest absolute Gasteiger partial charge is 0.392 e. The topological polar surface area (TPSA) is 36.4 Å². The lowest BCUT2D eigenvalue weighted by Gasteiger charge is -2.19. The maximum atomic E-state index is 12.9. The third-order valence-electron chi connectivity index (χ3n) is 3.03. The SMILES string of the molecule is CCc1cc(CO)cc(N(C)c2ccc(F)cc2)n1. The van der Waals surface area contributed by atoms with Crippen molar-refractivity contribution in [2.75, 3.05) is 11.9 Å². The van der Waals surface area contributed by atoms with Crippen LogP contribution in [0.25, 0.3) is 0 Å². The van der Waals surface area contributed by atoms with Crippen molar-refractivity contribution in [3.05, 3.63) is 53.5 Å². The molecule has 2 aromatic rings. The van der Waals surface area contributed by atoms with E-state index < -0.39 is 0 Å². The smallest absolute Gasteiger partial charge is 0.133 e. The fourth-order valence-corrected chi connectivity index (χ4v) is 1.87. The Labute approximate surface area is 112 Å². The number of hydrogen-bond donors (Lipinski definition) is 1. The lowest BCUT2D eigenvalue weighted by Crippen LogP contribution is -2.12. The first-order valence-electron chi connectivity index (χ1n) is 6.24. The predicted octanol–water partition coefficient (Wildman–Crippen LogP) is 3.04. The standard InChI is InChI=1S/C15H17FN2O/c1-3-13-8-11(10-19)9-15(17-13)18(2)14-6-4-12(16)5-7-14/h4-9,19H,3,10H2,1-2H3. The number of hydrogen-bond acceptors (Lipinski definition) is 3. The van der Waals surface area contributed by atoms with Gasteiger partial charge in [-0.05, 0) is 48.4 Å². The number of anilines is 2. The summed E-state index contributed by atoms with van der Waals surface area (Å²) in [6, 6.07) is 9.97. The van der Waals surface area contributed by atoms with E-state index in [1.54, 1.807) is 12.1 Å². The number of pyridine rings is 1. The average molecular weight is 260 g/mol. The monoisotopic (exact) mass is 260 g/mol. The van der Waals surface area contributed by atoms with Gasteiger partial charge >= 0.3 is 0 Å². The van der Waals surface area contributed by atoms with E-state index >= 15 is 0 Å². The Kier molecular flexibility index (Phi) is 4.12. The van der Waals surface area contributed by atoms with E-state index in [4.69, 9.17) is 0 Å². The first-order valence-corrected chi connectivity index (χ1v) is 6.24. The Morgan fingerprint density at radius 2 is 1.89 bits per heavy atom. The molecule has 1 aromatic carbocycles. The van der Waals surface area contributed by atoms with Gasteiger partial charge in [-0.25, -0.2) is 9.37 Å². The Morgan fingerprint density at radius 1 is 1.21 bits per heavy atom. The van der Waals surface area contributed by atoms with Gasteiger partial charge < -0.3 is 10.0 Å². The van der Waals surface area contributed by atoms with Crippen molar-refractivity contribution in [2.24, 2.45) is 0 Å². The van der Waals surface area contributed by atoms with Gasteiger partial charge in [0.25, 0.3) is 0 Å². The van der Waals surface area contributed by atoms with Gasteiger partial charge in [0.2, 0.25) is 0 Å². The van der Waals surface area contributed by atoms with Gasteiger partial charge in [-0.15, -0.1) is 0 Å². The van der Waals surface area contributed by atoms with Crippen molar-refractivity contribution < 1.29 is 9.50 Å². The summed E-state index contributed by atoms with van der Waals surface area (Å²) >= 11 is 0. The first kappa shape index (κ1) is 13.5. The molecular weight excluding hydrogens is 243 g/mol. The number of aliphatic hydroxyl groups excluding tert-OH is 1. The van der Waals surface area contributed by atoms with Gasteiger partial charge in [-0.2, -0.15) is 0 Å². The second-order valence-corrected chi connectivity index (χ2v) is 4.37. The molecule has 0 amide bonds. The summed E-state index contributed by atoms with van der Waals surface area (Å²) in [6.07, 6.45) is 0.804. The van der Waals surface area contributed by atoms with Crippen molar-refractivity contribution in [3.8, 4) is 0 Å². The number of benzene rings is 1. The van der Waals surface area contributed by atoms with Crippen LogP contribution in [0.5, 0.6) is 0 Å². The zero-order valence-electron chi connectivity index (χ0n) is 11.1. The summed E-state index contributed by atoms with van der Waals surface area (Å²) in [4.78, 5) is 6.39. The Hall–Kier alpha value is -1.94. The van der Waals surface area contributed by atoms with Crippen LogP contribution < -0.4 is 4.90 Å². The molecular formula is C15H17FN2O. The van der Waals surface area contributed by atoms with Crippen molar-refractivity contribution in [1.82, 2.24) is 4.98 Å². The zero-order chi connectivity index (χ0) is 13.8. The summed E-state index contributed by atoms with van der Waals surface area (Å²) in [5.74, 6) is 0.485. The van der Waals surface area contributed by atoms with Crippen LogP contribution in [-0.4, -0.2) is 17.1 Å². The third kappa shape index (κ3) is 3.09. The van der Waals surface area contributed by atoms with E-state index in [1.807, 2.05) is 31.0 Å². The summed E-state index contributed by atoms with van der Waals surface area (Å²) < 4.78 is 12.9. The quantitative estimate of drug-likeness (QED) is 0.918. The lowest BCUT2D eigenvalue weighted by molar-refractivity contribution is 0.281. The minimum Gasteiger partial charge on any atom is -0.392 e. The molecule has 0 aliphatic rings. The highest BCUT2D eigenvalue weighted by atomic mass is 19.1. The molecule has 0 saturated heterocycles. The predicted molar refractivity (Wildman–Crippen MR) is 74.0 cm³/mol. The third-order valence-corrected chi connectivity index (χ3v) is 3.03. The zero-order valence-corrected chi connectivity index (χ0v) is 11.1. The molecule has 0 fully saturated rings. The maximum Gasteiger partial charge on any atom is 0.133 e. The number of aliphatic hydroxyl groups is 1. The Morgan fingerprint density at radius 3 is 2.47 bits per heavy atom. The number of nitrogens with zero attached hydrogens (tertiary/aromatic N) is 2. The van der Waals surface area contributed by atoms with Crippen LogP contribution in [0.3, 0.4) is 0 Å². The van der Waals surface area contributed by atoms with Gasteiger partial charge in [-0.1, -0.05) is 6.92 Å². The highest BCUT2D eigenvalue weighted by Crippen LogP contribution is 2.23. The molecule has 1 heterocycles. The van der Waals surface area contributed by atoms with E-state index in [9.17, 15) is 9.50 Å². The molecule has 0 aliphatic heterocycles. The van der Waals surface area contributed by atoms with Crippen LogP contribution in [0.1, 0.15) is 18.2 Å². The molecule has 19 heavy (non-hydrogen) atoms. The first-order chi connectivity index (χ1) is 9.13. The molecule has 3 nitrogen and oxygen atoms in total. The number of halogens is 1. The van der Waals surface area contributed by atoms with Crippen molar-refractivity contribution in [3.63, 3.8) is 0 Å². The molecule has 1 aromatic heterocycles. The molecule has 0 bridgehead atoms. The van der Waals surface area contributed by atoms with E-state index in [2.05, 4.69) is 4.98 Å². The van der Waals surface area contributed by atoms with Gasteiger partial charge in [0, 0.05) is 18.4 Å². The fourth-order valence-electron chi connectivity index (χ4n) is 1.87. The summed E-state index contributed by atoms with van der Waals surface area (Å²) in [5.41, 5.74) is 2.61. The maximum absolute atomic E-state index is 12.9. The molecule has 2 rings (SSSR count).